The standard InChI is InChI=1S/C56H34N4O/c1-3-15-35(16-4-1)36-27-29-39(30-28-36)54-57-53(38-18-5-2-6-19-38)58-55(59-54)60-48-34-31-37-17-7-8-20-40(37)50(48)43-32-33-47-52(51(43)60)61-49-26-14-13-25-46(49)56(47)44-23-11-9-21-41(44)42-22-10-12-24-45(42)56/h1-34H. The number of nitrogens with zero attached hydrogens (tertiary/aromatic N) is 4. The van der Waals surface area contributed by atoms with E-state index < -0.39 is 5.41 Å². The summed E-state index contributed by atoms with van der Waals surface area (Å²) in [6.45, 7) is 0. The van der Waals surface area contributed by atoms with Gasteiger partial charge in [0.25, 0.3) is 0 Å². The van der Waals surface area contributed by atoms with Crippen LogP contribution in [0.15, 0.2) is 206 Å². The molecule has 0 fully saturated rings. The summed E-state index contributed by atoms with van der Waals surface area (Å²) >= 11 is 0. The average molecular weight is 779 g/mol. The van der Waals surface area contributed by atoms with Gasteiger partial charge >= 0.3 is 0 Å². The Morgan fingerprint density at radius 2 is 0.951 bits per heavy atom. The van der Waals surface area contributed by atoms with Crippen LogP contribution in [0.4, 0.5) is 0 Å². The van der Waals surface area contributed by atoms with E-state index in [9.17, 15) is 0 Å². The third kappa shape index (κ3) is 4.80. The molecule has 0 saturated heterocycles. The van der Waals surface area contributed by atoms with Crippen molar-refractivity contribution in [3.05, 3.63) is 229 Å². The second-order valence-corrected chi connectivity index (χ2v) is 15.9. The highest BCUT2D eigenvalue weighted by Crippen LogP contribution is 2.63. The lowest BCUT2D eigenvalue weighted by molar-refractivity contribution is 0.440. The molecule has 0 atom stereocenters. The van der Waals surface area contributed by atoms with Crippen molar-refractivity contribution in [2.24, 2.45) is 0 Å². The average Bonchev–Trinajstić information content (AvgIpc) is 3.84. The number of rotatable bonds is 4. The maximum absolute atomic E-state index is 7.30. The molecule has 5 heteroatoms. The molecule has 0 saturated carbocycles. The maximum atomic E-state index is 7.30. The van der Waals surface area contributed by atoms with Gasteiger partial charge in [0.05, 0.1) is 10.9 Å². The van der Waals surface area contributed by atoms with Gasteiger partial charge < -0.3 is 4.74 Å². The molecule has 0 amide bonds. The number of benzene rings is 9. The van der Waals surface area contributed by atoms with Gasteiger partial charge in [-0.15, -0.1) is 0 Å². The summed E-state index contributed by atoms with van der Waals surface area (Å²) in [6.07, 6.45) is 0. The van der Waals surface area contributed by atoms with Gasteiger partial charge in [-0.3, -0.25) is 4.57 Å². The molecule has 1 spiro atoms. The summed E-state index contributed by atoms with van der Waals surface area (Å²) in [5, 5.41) is 4.50. The Hall–Kier alpha value is -8.15. The first-order chi connectivity index (χ1) is 30.3. The summed E-state index contributed by atoms with van der Waals surface area (Å²) in [5.74, 6) is 3.32. The molecule has 1 aliphatic carbocycles. The topological polar surface area (TPSA) is 52.8 Å². The van der Waals surface area contributed by atoms with E-state index in [4.69, 9.17) is 19.7 Å². The summed E-state index contributed by atoms with van der Waals surface area (Å²) in [6, 6.07) is 73.0. The molecule has 2 aromatic heterocycles. The van der Waals surface area contributed by atoms with Crippen molar-refractivity contribution in [3.63, 3.8) is 0 Å². The number of aromatic nitrogens is 4. The quantitative estimate of drug-likeness (QED) is 0.179. The van der Waals surface area contributed by atoms with E-state index in [1.807, 2.05) is 24.3 Å². The van der Waals surface area contributed by atoms with Gasteiger partial charge in [-0.25, -0.2) is 4.98 Å². The Balaban J connectivity index is 1.15. The minimum absolute atomic E-state index is 0.517. The smallest absolute Gasteiger partial charge is 0.238 e. The largest absolute Gasteiger partial charge is 0.454 e. The van der Waals surface area contributed by atoms with Crippen LogP contribution < -0.4 is 4.74 Å². The molecular formula is C56H34N4O. The third-order valence-electron chi connectivity index (χ3n) is 12.7. The first kappa shape index (κ1) is 33.8. The molecule has 0 N–H and O–H groups in total. The van der Waals surface area contributed by atoms with Crippen molar-refractivity contribution in [2.75, 3.05) is 0 Å². The lowest BCUT2D eigenvalue weighted by Crippen LogP contribution is -2.32. The summed E-state index contributed by atoms with van der Waals surface area (Å²) in [7, 11) is 0. The molecule has 9 aromatic carbocycles. The van der Waals surface area contributed by atoms with Crippen molar-refractivity contribution in [3.8, 4) is 62.5 Å². The maximum Gasteiger partial charge on any atom is 0.238 e. The molecule has 0 bridgehead atoms. The molecule has 1 aliphatic heterocycles. The highest BCUT2D eigenvalue weighted by atomic mass is 16.5. The fourth-order valence-electron chi connectivity index (χ4n) is 10.1. The molecule has 0 radical (unpaired) electrons. The zero-order valence-corrected chi connectivity index (χ0v) is 32.8. The van der Waals surface area contributed by atoms with Crippen molar-refractivity contribution in [2.45, 2.75) is 5.41 Å². The van der Waals surface area contributed by atoms with Crippen molar-refractivity contribution in [1.82, 2.24) is 19.5 Å². The molecule has 5 nitrogen and oxygen atoms in total. The lowest BCUT2D eigenvalue weighted by atomic mass is 9.66. The molecule has 61 heavy (non-hydrogen) atoms. The van der Waals surface area contributed by atoms with Gasteiger partial charge in [-0.1, -0.05) is 194 Å². The number of hydrogen-bond donors (Lipinski definition) is 0. The summed E-state index contributed by atoms with van der Waals surface area (Å²) in [5.41, 5.74) is 12.5. The van der Waals surface area contributed by atoms with Crippen LogP contribution in [0.1, 0.15) is 22.3 Å². The Bertz CT molecular complexity index is 3510. The van der Waals surface area contributed by atoms with Crippen LogP contribution in [0.25, 0.3) is 83.6 Å². The van der Waals surface area contributed by atoms with Gasteiger partial charge in [0.1, 0.15) is 11.3 Å². The Kier molecular flexibility index (Phi) is 7.16. The van der Waals surface area contributed by atoms with E-state index in [2.05, 4.69) is 187 Å². The molecule has 284 valence electrons. The minimum atomic E-state index is -0.630. The van der Waals surface area contributed by atoms with Crippen LogP contribution in [0.2, 0.25) is 0 Å². The van der Waals surface area contributed by atoms with Crippen molar-refractivity contribution < 1.29 is 4.74 Å². The third-order valence-corrected chi connectivity index (χ3v) is 12.7. The highest BCUT2D eigenvalue weighted by molar-refractivity contribution is 6.22. The van der Waals surface area contributed by atoms with E-state index in [1.54, 1.807) is 0 Å². The van der Waals surface area contributed by atoms with E-state index in [0.717, 1.165) is 77.5 Å². The van der Waals surface area contributed by atoms with Gasteiger partial charge in [0.2, 0.25) is 5.95 Å². The molecule has 2 aliphatic rings. The Morgan fingerprint density at radius 3 is 1.67 bits per heavy atom. The van der Waals surface area contributed by atoms with E-state index in [1.165, 1.54) is 22.3 Å². The second-order valence-electron chi connectivity index (χ2n) is 15.9. The van der Waals surface area contributed by atoms with E-state index >= 15 is 0 Å². The van der Waals surface area contributed by atoms with Crippen molar-refractivity contribution >= 4 is 32.6 Å². The van der Waals surface area contributed by atoms with E-state index in [0.29, 0.717) is 17.6 Å². The first-order valence-corrected chi connectivity index (χ1v) is 20.7. The SMILES string of the molecule is c1ccc(-c2ccc(-c3nc(-c4ccccc4)nc(-n4c5ccc6ccccc6c5c5ccc6c(c54)Oc4ccccc4C64c5ccccc5-c5ccccc54)n3)cc2)cc1. The fraction of sp³-hybridized carbons (Fsp3) is 0.0179. The predicted molar refractivity (Wildman–Crippen MR) is 245 cm³/mol. The molecule has 11 aromatic rings. The lowest BCUT2D eigenvalue weighted by Gasteiger charge is -2.39. The minimum Gasteiger partial charge on any atom is -0.454 e. The van der Waals surface area contributed by atoms with Crippen LogP contribution >= 0.6 is 0 Å². The van der Waals surface area contributed by atoms with Crippen molar-refractivity contribution in [1.29, 1.82) is 0 Å². The monoisotopic (exact) mass is 778 g/mol. The summed E-state index contributed by atoms with van der Waals surface area (Å²) in [4.78, 5) is 15.9. The predicted octanol–water partition coefficient (Wildman–Crippen LogP) is 13.6. The van der Waals surface area contributed by atoms with Crippen LogP contribution in [0.3, 0.4) is 0 Å². The zero-order valence-electron chi connectivity index (χ0n) is 32.8. The fourth-order valence-corrected chi connectivity index (χ4v) is 10.1. The molecule has 3 heterocycles. The summed E-state index contributed by atoms with van der Waals surface area (Å²) < 4.78 is 9.53. The molecule has 13 rings (SSSR count). The number of para-hydroxylation sites is 1. The van der Waals surface area contributed by atoms with Crippen LogP contribution in [-0.4, -0.2) is 19.5 Å². The van der Waals surface area contributed by atoms with Crippen LogP contribution in [0, 0.1) is 0 Å². The van der Waals surface area contributed by atoms with E-state index in [-0.39, 0.29) is 0 Å². The first-order valence-electron chi connectivity index (χ1n) is 20.7. The Morgan fingerprint density at radius 1 is 0.393 bits per heavy atom. The second kappa shape index (κ2) is 12.9. The number of fused-ring (bicyclic) bond motifs is 15. The normalized spacial score (nSPS) is 13.2. The van der Waals surface area contributed by atoms with Gasteiger partial charge in [-0.05, 0) is 56.3 Å². The molecule has 0 unspecified atom stereocenters. The van der Waals surface area contributed by atoms with Gasteiger partial charge in [0.15, 0.2) is 17.4 Å². The number of hydrogen-bond acceptors (Lipinski definition) is 4. The van der Waals surface area contributed by atoms with Crippen LogP contribution in [-0.2, 0) is 5.41 Å². The molecular weight excluding hydrogens is 745 g/mol. The zero-order chi connectivity index (χ0) is 40.1. The van der Waals surface area contributed by atoms with Gasteiger partial charge in [0, 0.05) is 33.0 Å². The Labute approximate surface area is 351 Å². The van der Waals surface area contributed by atoms with Gasteiger partial charge in [-0.2, -0.15) is 9.97 Å². The van der Waals surface area contributed by atoms with Crippen LogP contribution in [0.5, 0.6) is 11.5 Å². The highest BCUT2D eigenvalue weighted by Gasteiger charge is 2.51. The number of ether oxygens (including phenoxy) is 1.